The average Bonchev–Trinajstić information content (AvgIpc) is 2.94. The van der Waals surface area contributed by atoms with Crippen LogP contribution in [0.3, 0.4) is 0 Å². The highest BCUT2D eigenvalue weighted by atomic mass is 16.5. The molecule has 1 atom stereocenters. The molecule has 0 saturated carbocycles. The number of nitrogens with zero attached hydrogens (tertiary/aromatic N) is 1. The Balaban J connectivity index is 2.25. The first kappa shape index (κ1) is 16.9. The highest BCUT2D eigenvalue weighted by Gasteiger charge is 2.25. The summed E-state index contributed by atoms with van der Waals surface area (Å²) in [6.07, 6.45) is 4.53. The summed E-state index contributed by atoms with van der Waals surface area (Å²) < 4.78 is 4.69. The zero-order valence-corrected chi connectivity index (χ0v) is 14.0. The van der Waals surface area contributed by atoms with Gasteiger partial charge in [0.15, 0.2) is 0 Å². The number of ether oxygens (including phenoxy) is 1. The van der Waals surface area contributed by atoms with Crippen LogP contribution in [0.2, 0.25) is 0 Å². The van der Waals surface area contributed by atoms with Crippen molar-refractivity contribution in [3.05, 3.63) is 46.7 Å². The number of hydrogen-bond acceptors (Lipinski definition) is 4. The fourth-order valence-electron chi connectivity index (χ4n) is 2.86. The first-order valence-electron chi connectivity index (χ1n) is 7.60. The highest BCUT2D eigenvalue weighted by Crippen LogP contribution is 2.28. The summed E-state index contributed by atoms with van der Waals surface area (Å²) >= 11 is 0. The minimum atomic E-state index is -0.222. The Labute approximate surface area is 136 Å². The molecule has 1 amide bonds. The van der Waals surface area contributed by atoms with Crippen molar-refractivity contribution in [3.63, 3.8) is 0 Å². The van der Waals surface area contributed by atoms with Gasteiger partial charge in [0.25, 0.3) is 5.91 Å². The van der Waals surface area contributed by atoms with Crippen molar-refractivity contribution in [1.29, 1.82) is 0 Å². The summed E-state index contributed by atoms with van der Waals surface area (Å²) in [6.45, 7) is 9.54. The van der Waals surface area contributed by atoms with E-state index in [9.17, 15) is 9.59 Å². The van der Waals surface area contributed by atoms with Gasteiger partial charge in [-0.3, -0.25) is 14.6 Å². The van der Waals surface area contributed by atoms with Gasteiger partial charge in [0.2, 0.25) is 0 Å². The van der Waals surface area contributed by atoms with Gasteiger partial charge in [-0.1, -0.05) is 12.7 Å². The third-order valence-electron chi connectivity index (χ3n) is 4.30. The number of nitrogens with one attached hydrogen (secondary N) is 1. The van der Waals surface area contributed by atoms with Gasteiger partial charge in [-0.25, -0.2) is 0 Å². The Kier molecular flexibility index (Phi) is 4.98. The number of allylic oxidation sites excluding steroid dienone is 3. The van der Waals surface area contributed by atoms with Crippen molar-refractivity contribution in [2.45, 2.75) is 39.7 Å². The third-order valence-corrected chi connectivity index (χ3v) is 4.30. The topological polar surface area (TPSA) is 67.8 Å². The Morgan fingerprint density at radius 3 is 2.70 bits per heavy atom. The van der Waals surface area contributed by atoms with Crippen LogP contribution in [-0.2, 0) is 14.3 Å². The first-order valence-corrected chi connectivity index (χ1v) is 7.60. The second-order valence-corrected chi connectivity index (χ2v) is 5.67. The Morgan fingerprint density at radius 2 is 2.09 bits per heavy atom. The Hall–Kier alpha value is -2.43. The minimum absolute atomic E-state index is 0.0286. The van der Waals surface area contributed by atoms with Crippen LogP contribution in [0.25, 0.3) is 0 Å². The molecule has 0 aromatic rings. The molecule has 0 aromatic carbocycles. The van der Waals surface area contributed by atoms with Crippen molar-refractivity contribution < 1.29 is 14.3 Å². The second kappa shape index (κ2) is 6.77. The molecule has 5 nitrogen and oxygen atoms in total. The monoisotopic (exact) mass is 314 g/mol. The Bertz CT molecular complexity index is 693. The normalized spacial score (nSPS) is 22.6. The Morgan fingerprint density at radius 1 is 1.39 bits per heavy atom. The molecule has 0 radical (unpaired) electrons. The van der Waals surface area contributed by atoms with E-state index in [2.05, 4.69) is 16.9 Å². The van der Waals surface area contributed by atoms with Gasteiger partial charge >= 0.3 is 5.97 Å². The molecular formula is C18H22N2O3. The maximum Gasteiger partial charge on any atom is 0.305 e. The summed E-state index contributed by atoms with van der Waals surface area (Å²) in [5.41, 5.74) is 5.21. The number of aliphatic imine (C=N–C) groups is 1. The van der Waals surface area contributed by atoms with E-state index >= 15 is 0 Å². The predicted octanol–water partition coefficient (Wildman–Crippen LogP) is 2.62. The lowest BCUT2D eigenvalue weighted by Gasteiger charge is -2.07. The standard InChI is InChI=1S/C18H22N2O3/c1-6-13-11(3)18(22)20-16(13)9-15-10(2)14(12(4)19-15)7-8-17(21)23-5/h6,9,12H,1,7-8H2,2-5H3,(H,20,22)/b16-9-. The number of carbonyl (C=O) groups is 2. The van der Waals surface area contributed by atoms with Gasteiger partial charge in [-0.15, -0.1) is 0 Å². The van der Waals surface area contributed by atoms with Crippen LogP contribution < -0.4 is 5.32 Å². The molecule has 1 unspecified atom stereocenters. The van der Waals surface area contributed by atoms with Gasteiger partial charge in [-0.05, 0) is 44.4 Å². The summed E-state index contributed by atoms with van der Waals surface area (Å²) in [6, 6.07) is 0.0286. The zero-order valence-electron chi connectivity index (χ0n) is 14.0. The SMILES string of the molecule is C=CC1=C(C)C(=O)N/C1=C\C1=NC(C)C(CCC(=O)OC)=C1C. The number of amides is 1. The van der Waals surface area contributed by atoms with Crippen LogP contribution in [0.4, 0.5) is 0 Å². The molecule has 5 heteroatoms. The molecule has 2 aliphatic heterocycles. The number of hydrogen-bond donors (Lipinski definition) is 1. The first-order chi connectivity index (χ1) is 10.9. The van der Waals surface area contributed by atoms with E-state index < -0.39 is 0 Å². The summed E-state index contributed by atoms with van der Waals surface area (Å²) in [7, 11) is 1.39. The van der Waals surface area contributed by atoms with Gasteiger partial charge < -0.3 is 10.1 Å². The van der Waals surface area contributed by atoms with E-state index in [-0.39, 0.29) is 17.9 Å². The lowest BCUT2D eigenvalue weighted by Crippen LogP contribution is -2.16. The molecule has 122 valence electrons. The zero-order chi connectivity index (χ0) is 17.1. The van der Waals surface area contributed by atoms with Gasteiger partial charge in [-0.2, -0.15) is 0 Å². The van der Waals surface area contributed by atoms with Crippen molar-refractivity contribution in [1.82, 2.24) is 5.32 Å². The molecule has 23 heavy (non-hydrogen) atoms. The molecule has 1 N–H and O–H groups in total. The molecule has 0 spiro atoms. The average molecular weight is 314 g/mol. The summed E-state index contributed by atoms with van der Waals surface area (Å²) in [5.74, 6) is -0.329. The maximum atomic E-state index is 11.8. The number of carbonyl (C=O) groups excluding carboxylic acids is 2. The number of rotatable bonds is 5. The van der Waals surface area contributed by atoms with Crippen LogP contribution in [0.5, 0.6) is 0 Å². The molecular weight excluding hydrogens is 292 g/mol. The lowest BCUT2D eigenvalue weighted by atomic mass is 9.98. The van der Waals surface area contributed by atoms with E-state index in [0.717, 1.165) is 28.1 Å². The predicted molar refractivity (Wildman–Crippen MR) is 90.0 cm³/mol. The van der Waals surface area contributed by atoms with E-state index in [1.54, 1.807) is 13.0 Å². The van der Waals surface area contributed by atoms with Crippen molar-refractivity contribution in [2.24, 2.45) is 4.99 Å². The molecule has 2 aliphatic rings. The van der Waals surface area contributed by atoms with Crippen LogP contribution in [0.1, 0.15) is 33.6 Å². The molecule has 0 aromatic heterocycles. The van der Waals surface area contributed by atoms with Crippen LogP contribution in [0, 0.1) is 0 Å². The summed E-state index contributed by atoms with van der Waals surface area (Å²) in [5, 5.41) is 2.84. The minimum Gasteiger partial charge on any atom is -0.469 e. The molecule has 2 rings (SSSR count). The van der Waals surface area contributed by atoms with Crippen LogP contribution in [0.15, 0.2) is 51.7 Å². The molecule has 0 bridgehead atoms. The molecule has 2 heterocycles. The van der Waals surface area contributed by atoms with Gasteiger partial charge in [0.05, 0.1) is 24.6 Å². The largest absolute Gasteiger partial charge is 0.469 e. The number of methoxy groups -OCH3 is 1. The van der Waals surface area contributed by atoms with Crippen molar-refractivity contribution in [2.75, 3.05) is 7.11 Å². The van der Waals surface area contributed by atoms with Crippen LogP contribution >= 0.6 is 0 Å². The van der Waals surface area contributed by atoms with Gasteiger partial charge in [0, 0.05) is 17.6 Å². The third kappa shape index (κ3) is 3.33. The summed E-state index contributed by atoms with van der Waals surface area (Å²) in [4.78, 5) is 27.8. The molecule has 0 saturated heterocycles. The van der Waals surface area contributed by atoms with E-state index in [1.807, 2.05) is 19.9 Å². The smallest absolute Gasteiger partial charge is 0.305 e. The van der Waals surface area contributed by atoms with Gasteiger partial charge in [0.1, 0.15) is 0 Å². The second-order valence-electron chi connectivity index (χ2n) is 5.67. The number of esters is 1. The van der Waals surface area contributed by atoms with Crippen LogP contribution in [-0.4, -0.2) is 30.7 Å². The fraction of sp³-hybridized carbons (Fsp3) is 0.389. The quantitative estimate of drug-likeness (QED) is 0.793. The fourth-order valence-corrected chi connectivity index (χ4v) is 2.86. The molecule has 0 fully saturated rings. The lowest BCUT2D eigenvalue weighted by molar-refractivity contribution is -0.140. The maximum absolute atomic E-state index is 11.8. The van der Waals surface area contributed by atoms with Crippen molar-refractivity contribution in [3.8, 4) is 0 Å². The van der Waals surface area contributed by atoms with E-state index in [1.165, 1.54) is 7.11 Å². The highest BCUT2D eigenvalue weighted by molar-refractivity contribution is 6.12. The van der Waals surface area contributed by atoms with E-state index in [0.29, 0.717) is 18.4 Å². The van der Waals surface area contributed by atoms with Crippen molar-refractivity contribution >= 4 is 17.6 Å². The molecule has 0 aliphatic carbocycles. The van der Waals surface area contributed by atoms with E-state index in [4.69, 9.17) is 4.74 Å².